The Morgan fingerprint density at radius 1 is 1.10 bits per heavy atom. The summed E-state index contributed by atoms with van der Waals surface area (Å²) >= 11 is 3.53. The molecule has 0 radical (unpaired) electrons. The van der Waals surface area contributed by atoms with E-state index in [0.29, 0.717) is 0 Å². The van der Waals surface area contributed by atoms with Gasteiger partial charge in [0.05, 0.1) is 0 Å². The van der Waals surface area contributed by atoms with Crippen molar-refractivity contribution in [3.63, 3.8) is 0 Å². The molecular formula is C15H25BrO3Si. The lowest BCUT2D eigenvalue weighted by atomic mass is 10.2. The Kier molecular flexibility index (Phi) is 5.84. The third-order valence-electron chi connectivity index (χ3n) is 3.83. The van der Waals surface area contributed by atoms with Gasteiger partial charge in [-0.05, 0) is 36.3 Å². The first-order valence-electron chi connectivity index (χ1n) is 6.66. The van der Waals surface area contributed by atoms with E-state index >= 15 is 0 Å². The van der Waals surface area contributed by atoms with Crippen molar-refractivity contribution in [3.05, 3.63) is 28.2 Å². The van der Waals surface area contributed by atoms with Gasteiger partial charge in [0.1, 0.15) is 5.75 Å². The van der Waals surface area contributed by atoms with Crippen LogP contribution in [0, 0.1) is 0 Å². The van der Waals surface area contributed by atoms with Gasteiger partial charge in [-0.2, -0.15) is 0 Å². The first kappa shape index (κ1) is 17.7. The minimum Gasteiger partial charge on any atom is -0.543 e. The Hall–Kier alpha value is -0.363. The monoisotopic (exact) mass is 360 g/mol. The van der Waals surface area contributed by atoms with Crippen LogP contribution < -0.4 is 4.43 Å². The molecule has 0 aliphatic heterocycles. The van der Waals surface area contributed by atoms with Crippen molar-refractivity contribution in [1.82, 2.24) is 0 Å². The van der Waals surface area contributed by atoms with E-state index in [1.807, 2.05) is 18.2 Å². The highest BCUT2D eigenvalue weighted by Gasteiger charge is 2.39. The second-order valence-electron chi connectivity index (χ2n) is 6.35. The maximum absolute atomic E-state index is 6.31. The molecule has 0 atom stereocenters. The molecule has 0 saturated carbocycles. The Bertz CT molecular complexity index is 451. The molecule has 0 bridgehead atoms. The summed E-state index contributed by atoms with van der Waals surface area (Å²) in [6, 6.07) is 5.95. The number of halogens is 1. The molecular weight excluding hydrogens is 336 g/mol. The summed E-state index contributed by atoms with van der Waals surface area (Å²) in [5.74, 6) is 0.869. The lowest BCUT2D eigenvalue weighted by Crippen LogP contribution is -2.43. The van der Waals surface area contributed by atoms with E-state index in [-0.39, 0.29) is 5.04 Å². The summed E-state index contributed by atoms with van der Waals surface area (Å²) in [4.78, 5) is 0. The second-order valence-corrected chi connectivity index (χ2v) is 11.9. The molecule has 0 N–H and O–H groups in total. The molecule has 1 rings (SSSR count). The first-order valence-corrected chi connectivity index (χ1v) is 10.4. The van der Waals surface area contributed by atoms with Crippen LogP contribution in [0.1, 0.15) is 32.6 Å². The van der Waals surface area contributed by atoms with E-state index in [4.69, 9.17) is 13.9 Å². The first-order chi connectivity index (χ1) is 9.12. The molecule has 0 fully saturated rings. The molecule has 0 aromatic heterocycles. The van der Waals surface area contributed by atoms with E-state index in [1.165, 1.54) is 0 Å². The van der Waals surface area contributed by atoms with Gasteiger partial charge in [-0.25, -0.2) is 0 Å². The minimum atomic E-state index is -1.84. The zero-order valence-electron chi connectivity index (χ0n) is 13.4. The van der Waals surface area contributed by atoms with Crippen LogP contribution in [-0.2, 0) is 9.47 Å². The number of ether oxygens (including phenoxy) is 2. The lowest BCUT2D eigenvalue weighted by Gasteiger charge is -2.36. The SMILES string of the molecule is COC(OC)c1cc(O[Si](C)(C)C(C)(C)C)ccc1Br. The van der Waals surface area contributed by atoms with Gasteiger partial charge < -0.3 is 13.9 Å². The summed E-state index contributed by atoms with van der Waals surface area (Å²) in [5.41, 5.74) is 0.936. The zero-order chi connectivity index (χ0) is 15.6. The van der Waals surface area contributed by atoms with Gasteiger partial charge >= 0.3 is 0 Å². The van der Waals surface area contributed by atoms with Gasteiger partial charge in [-0.1, -0.05) is 36.7 Å². The Labute approximate surface area is 131 Å². The maximum Gasteiger partial charge on any atom is 0.250 e. The van der Waals surface area contributed by atoms with Crippen molar-refractivity contribution in [1.29, 1.82) is 0 Å². The van der Waals surface area contributed by atoms with Crippen LogP contribution in [0.3, 0.4) is 0 Å². The summed E-state index contributed by atoms with van der Waals surface area (Å²) in [5, 5.41) is 0.169. The largest absolute Gasteiger partial charge is 0.543 e. The summed E-state index contributed by atoms with van der Waals surface area (Å²) < 4.78 is 17.9. The van der Waals surface area contributed by atoms with E-state index in [0.717, 1.165) is 15.8 Å². The Morgan fingerprint density at radius 2 is 1.65 bits per heavy atom. The van der Waals surface area contributed by atoms with Gasteiger partial charge in [-0.15, -0.1) is 0 Å². The maximum atomic E-state index is 6.31. The Balaban J connectivity index is 3.07. The van der Waals surface area contributed by atoms with Crippen molar-refractivity contribution in [2.24, 2.45) is 0 Å². The quantitative estimate of drug-likeness (QED) is 0.538. The molecule has 0 saturated heterocycles. The van der Waals surface area contributed by atoms with Crippen LogP contribution in [0.2, 0.25) is 18.1 Å². The van der Waals surface area contributed by atoms with E-state index < -0.39 is 14.6 Å². The third-order valence-corrected chi connectivity index (χ3v) is 8.91. The molecule has 0 heterocycles. The van der Waals surface area contributed by atoms with Crippen LogP contribution in [0.15, 0.2) is 22.7 Å². The number of benzene rings is 1. The highest BCUT2D eigenvalue weighted by molar-refractivity contribution is 9.10. The van der Waals surface area contributed by atoms with Gasteiger partial charge in [0, 0.05) is 24.3 Å². The average molecular weight is 361 g/mol. The van der Waals surface area contributed by atoms with Gasteiger partial charge in [-0.3, -0.25) is 0 Å². The molecule has 1 aromatic carbocycles. The van der Waals surface area contributed by atoms with Crippen LogP contribution >= 0.6 is 15.9 Å². The summed E-state index contributed by atoms with van der Waals surface area (Å²) in [6.07, 6.45) is -0.396. The normalized spacial score (nSPS) is 12.8. The smallest absolute Gasteiger partial charge is 0.250 e. The minimum absolute atomic E-state index is 0.169. The van der Waals surface area contributed by atoms with Crippen LogP contribution in [0.25, 0.3) is 0 Å². The number of hydrogen-bond acceptors (Lipinski definition) is 3. The highest BCUT2D eigenvalue weighted by Crippen LogP contribution is 2.38. The number of methoxy groups -OCH3 is 2. The molecule has 0 amide bonds. The molecule has 0 aliphatic rings. The zero-order valence-corrected chi connectivity index (χ0v) is 16.0. The van der Waals surface area contributed by atoms with E-state index in [9.17, 15) is 0 Å². The van der Waals surface area contributed by atoms with Crippen molar-refractivity contribution in [2.75, 3.05) is 14.2 Å². The fourth-order valence-corrected chi connectivity index (χ4v) is 3.02. The fraction of sp³-hybridized carbons (Fsp3) is 0.600. The standard InChI is InChI=1S/C15H25BrO3Si/c1-15(2,3)20(6,7)19-11-8-9-13(16)12(10-11)14(17-4)18-5/h8-10,14H,1-7H3. The van der Waals surface area contributed by atoms with Crippen molar-refractivity contribution < 1.29 is 13.9 Å². The topological polar surface area (TPSA) is 27.7 Å². The van der Waals surface area contributed by atoms with E-state index in [1.54, 1.807) is 14.2 Å². The van der Waals surface area contributed by atoms with Gasteiger partial charge in [0.25, 0.3) is 0 Å². The lowest BCUT2D eigenvalue weighted by molar-refractivity contribution is -0.106. The molecule has 0 spiro atoms. The van der Waals surface area contributed by atoms with E-state index in [2.05, 4.69) is 49.8 Å². The highest BCUT2D eigenvalue weighted by atomic mass is 79.9. The van der Waals surface area contributed by atoms with Crippen molar-refractivity contribution in [2.45, 2.75) is 45.2 Å². The number of hydrogen-bond donors (Lipinski definition) is 0. The third kappa shape index (κ3) is 4.07. The predicted octanol–water partition coefficient (Wildman–Crippen LogP) is 5.12. The second kappa shape index (κ2) is 6.60. The molecule has 0 aliphatic carbocycles. The van der Waals surface area contributed by atoms with Gasteiger partial charge in [0.15, 0.2) is 6.29 Å². The number of rotatable bonds is 5. The molecule has 114 valence electrons. The van der Waals surface area contributed by atoms with Crippen LogP contribution in [0.4, 0.5) is 0 Å². The molecule has 0 unspecified atom stereocenters. The Morgan fingerprint density at radius 3 is 2.10 bits per heavy atom. The molecule has 5 heteroatoms. The fourth-order valence-electron chi connectivity index (χ4n) is 1.56. The summed E-state index contributed by atoms with van der Waals surface area (Å²) in [6.45, 7) is 11.2. The molecule has 3 nitrogen and oxygen atoms in total. The van der Waals surface area contributed by atoms with Crippen molar-refractivity contribution in [3.8, 4) is 5.75 Å². The predicted molar refractivity (Wildman–Crippen MR) is 88.7 cm³/mol. The van der Waals surface area contributed by atoms with Gasteiger partial charge in [0.2, 0.25) is 8.32 Å². The van der Waals surface area contributed by atoms with Crippen LogP contribution in [-0.4, -0.2) is 22.5 Å². The average Bonchev–Trinajstić information content (AvgIpc) is 2.33. The molecule has 1 aromatic rings. The van der Waals surface area contributed by atoms with Crippen molar-refractivity contribution >= 4 is 24.2 Å². The molecule has 20 heavy (non-hydrogen) atoms. The summed E-state index contributed by atoms with van der Waals surface area (Å²) in [7, 11) is 1.42. The van der Waals surface area contributed by atoms with Crippen LogP contribution in [0.5, 0.6) is 5.75 Å².